The molecule has 4 nitrogen and oxygen atoms in total. The minimum Gasteiger partial charge on any atom is -0.494 e. The first-order chi connectivity index (χ1) is 14.0. The maximum atomic E-state index is 12.6. The Hall–Kier alpha value is -3.14. The van der Waals surface area contributed by atoms with E-state index in [1.54, 1.807) is 29.8 Å². The molecule has 29 heavy (non-hydrogen) atoms. The van der Waals surface area contributed by atoms with E-state index in [0.717, 1.165) is 11.1 Å². The summed E-state index contributed by atoms with van der Waals surface area (Å²) in [4.78, 5) is 16.8. The summed E-state index contributed by atoms with van der Waals surface area (Å²) in [7, 11) is 1.72. The highest BCUT2D eigenvalue weighted by Crippen LogP contribution is 2.38. The van der Waals surface area contributed by atoms with E-state index in [2.05, 4.69) is 18.2 Å². The number of aromatic nitrogens is 1. The molecule has 0 bridgehead atoms. The third-order valence-electron chi connectivity index (χ3n) is 3.91. The van der Waals surface area contributed by atoms with Gasteiger partial charge >= 0.3 is 0 Å². The molecule has 1 amide bonds. The lowest BCUT2D eigenvalue weighted by molar-refractivity contribution is 0.101. The molecular weight excluding hydrogens is 360 g/mol. The first-order valence-corrected chi connectivity index (χ1v) is 9.98. The Balaban J connectivity index is 0.00000184. The molecule has 0 saturated heterocycles. The van der Waals surface area contributed by atoms with E-state index >= 15 is 0 Å². The standard InChI is InChI=1S/C21H22N2O2.2C2H6/c1-6-10-13-14(9-4)19-17-16(21(25)23(19)5)18(22-20(17)24)15(11-7-2)12-8-3;2*1-2/h6-13,25H,2,4H2,1,3,5H3;2*1-2H3/b10-6-,12-8-,14-13+,15-11+;;. The number of carbonyl (C=O) groups is 1. The Morgan fingerprint density at radius 2 is 1.62 bits per heavy atom. The van der Waals surface area contributed by atoms with Crippen molar-refractivity contribution in [1.82, 2.24) is 4.57 Å². The average Bonchev–Trinajstić information content (AvgIpc) is 3.21. The van der Waals surface area contributed by atoms with E-state index in [4.69, 9.17) is 0 Å². The zero-order chi connectivity index (χ0) is 22.6. The van der Waals surface area contributed by atoms with E-state index in [9.17, 15) is 9.90 Å². The Labute approximate surface area is 175 Å². The molecule has 0 spiro atoms. The second kappa shape index (κ2) is 13.1. The van der Waals surface area contributed by atoms with Crippen LogP contribution in [0.15, 0.2) is 72.3 Å². The highest BCUT2D eigenvalue weighted by atomic mass is 16.3. The largest absolute Gasteiger partial charge is 0.494 e. The van der Waals surface area contributed by atoms with Gasteiger partial charge in [0.15, 0.2) is 0 Å². The van der Waals surface area contributed by atoms with Crippen LogP contribution in [0.2, 0.25) is 0 Å². The number of carbonyl (C=O) groups excluding carboxylic acids is 1. The molecule has 1 aliphatic rings. The molecule has 2 rings (SSSR count). The average molecular weight is 395 g/mol. The number of rotatable bonds is 6. The fourth-order valence-corrected chi connectivity index (χ4v) is 2.83. The van der Waals surface area contributed by atoms with Gasteiger partial charge in [-0.3, -0.25) is 4.79 Å². The summed E-state index contributed by atoms with van der Waals surface area (Å²) in [5.74, 6) is -0.370. The van der Waals surface area contributed by atoms with E-state index in [1.165, 1.54) is 0 Å². The SMILES string of the molecule is C=C/C=C(\C=C/C)C1=NC(=O)c2c1c(O)n(C)c2/C(C=C)=C/C=C\C.CC.CC. The van der Waals surface area contributed by atoms with Gasteiger partial charge in [0.25, 0.3) is 5.91 Å². The zero-order valence-electron chi connectivity index (χ0n) is 18.8. The van der Waals surface area contributed by atoms with Crippen molar-refractivity contribution in [3.63, 3.8) is 0 Å². The summed E-state index contributed by atoms with van der Waals surface area (Å²) in [6.45, 7) is 19.3. The molecular formula is C25H34N2O2. The molecule has 4 heteroatoms. The molecule has 0 atom stereocenters. The van der Waals surface area contributed by atoms with Crippen molar-refractivity contribution < 1.29 is 9.90 Å². The summed E-state index contributed by atoms with van der Waals surface area (Å²) in [6.07, 6.45) is 14.3. The molecule has 0 saturated carbocycles. The number of amides is 1. The van der Waals surface area contributed by atoms with Gasteiger partial charge in [-0.2, -0.15) is 0 Å². The molecule has 0 aliphatic carbocycles. The fraction of sp³-hybridized carbons (Fsp3) is 0.280. The number of aromatic hydroxyl groups is 1. The van der Waals surface area contributed by atoms with Crippen LogP contribution in [0.1, 0.15) is 63.2 Å². The van der Waals surface area contributed by atoms with Gasteiger partial charge < -0.3 is 9.67 Å². The lowest BCUT2D eigenvalue weighted by Gasteiger charge is -2.07. The predicted molar refractivity (Wildman–Crippen MR) is 127 cm³/mol. The predicted octanol–water partition coefficient (Wildman–Crippen LogP) is 6.56. The highest BCUT2D eigenvalue weighted by molar-refractivity contribution is 6.30. The minimum absolute atomic E-state index is 0.00212. The van der Waals surface area contributed by atoms with Gasteiger partial charge in [-0.1, -0.05) is 89.5 Å². The molecule has 1 aromatic heterocycles. The third kappa shape index (κ3) is 5.44. The highest BCUT2D eigenvalue weighted by Gasteiger charge is 2.35. The van der Waals surface area contributed by atoms with Crippen molar-refractivity contribution in [2.45, 2.75) is 41.5 Å². The third-order valence-corrected chi connectivity index (χ3v) is 3.91. The Morgan fingerprint density at radius 1 is 1.00 bits per heavy atom. The molecule has 1 aliphatic heterocycles. The van der Waals surface area contributed by atoms with Gasteiger partial charge in [-0.05, 0) is 19.4 Å². The van der Waals surface area contributed by atoms with Gasteiger partial charge in [-0.25, -0.2) is 4.99 Å². The van der Waals surface area contributed by atoms with Crippen molar-refractivity contribution in [2.75, 3.05) is 0 Å². The Bertz CT molecular complexity index is 888. The molecule has 156 valence electrons. The molecule has 2 heterocycles. The van der Waals surface area contributed by atoms with Crippen molar-refractivity contribution in [1.29, 1.82) is 0 Å². The summed E-state index contributed by atoms with van der Waals surface area (Å²) < 4.78 is 1.59. The van der Waals surface area contributed by atoms with Crippen LogP contribution in [0.25, 0.3) is 5.57 Å². The lowest BCUT2D eigenvalue weighted by atomic mass is 9.99. The molecule has 1 aromatic rings. The molecule has 1 N–H and O–H groups in total. The summed E-state index contributed by atoms with van der Waals surface area (Å²) in [5, 5.41) is 10.7. The Morgan fingerprint density at radius 3 is 2.10 bits per heavy atom. The number of aliphatic imine (C=N–C) groups is 1. The van der Waals surface area contributed by atoms with Gasteiger partial charge in [0, 0.05) is 12.6 Å². The molecule has 0 radical (unpaired) electrons. The van der Waals surface area contributed by atoms with Crippen LogP contribution in [0.4, 0.5) is 0 Å². The summed E-state index contributed by atoms with van der Waals surface area (Å²) in [6, 6.07) is 0. The number of allylic oxidation sites excluding steroid dienone is 10. The van der Waals surface area contributed by atoms with Crippen LogP contribution in [-0.4, -0.2) is 21.3 Å². The number of fused-ring (bicyclic) bond motifs is 1. The van der Waals surface area contributed by atoms with Crippen molar-refractivity contribution in [3.8, 4) is 5.88 Å². The van der Waals surface area contributed by atoms with E-state index < -0.39 is 0 Å². The number of hydrogen-bond donors (Lipinski definition) is 1. The first kappa shape index (κ1) is 25.9. The van der Waals surface area contributed by atoms with E-state index in [0.29, 0.717) is 22.5 Å². The Kier molecular flexibility index (Phi) is 11.7. The van der Waals surface area contributed by atoms with Crippen LogP contribution < -0.4 is 0 Å². The fourth-order valence-electron chi connectivity index (χ4n) is 2.83. The normalized spacial score (nSPS) is 13.5. The second-order valence-corrected chi connectivity index (χ2v) is 5.46. The van der Waals surface area contributed by atoms with E-state index in [1.807, 2.05) is 71.9 Å². The summed E-state index contributed by atoms with van der Waals surface area (Å²) in [5.41, 5.74) is 3.35. The molecule has 0 aromatic carbocycles. The van der Waals surface area contributed by atoms with Crippen molar-refractivity contribution in [2.24, 2.45) is 12.0 Å². The van der Waals surface area contributed by atoms with Crippen molar-refractivity contribution >= 4 is 17.2 Å². The van der Waals surface area contributed by atoms with Gasteiger partial charge in [0.1, 0.15) is 0 Å². The lowest BCUT2D eigenvalue weighted by Crippen LogP contribution is -2.02. The molecule has 0 fully saturated rings. The number of nitrogens with zero attached hydrogens (tertiary/aromatic N) is 2. The first-order valence-electron chi connectivity index (χ1n) is 9.98. The topological polar surface area (TPSA) is 54.6 Å². The quantitative estimate of drug-likeness (QED) is 0.555. The van der Waals surface area contributed by atoms with Gasteiger partial charge in [-0.15, -0.1) is 0 Å². The molecule has 0 unspecified atom stereocenters. The minimum atomic E-state index is -0.372. The van der Waals surface area contributed by atoms with Crippen LogP contribution in [0, 0.1) is 0 Å². The second-order valence-electron chi connectivity index (χ2n) is 5.46. The van der Waals surface area contributed by atoms with Crippen LogP contribution in [-0.2, 0) is 7.05 Å². The number of hydrogen-bond acceptors (Lipinski definition) is 2. The zero-order valence-corrected chi connectivity index (χ0v) is 18.8. The van der Waals surface area contributed by atoms with Crippen molar-refractivity contribution in [3.05, 3.63) is 84.2 Å². The van der Waals surface area contributed by atoms with Crippen LogP contribution >= 0.6 is 0 Å². The van der Waals surface area contributed by atoms with Crippen LogP contribution in [0.5, 0.6) is 5.88 Å². The van der Waals surface area contributed by atoms with Gasteiger partial charge in [0.2, 0.25) is 5.88 Å². The van der Waals surface area contributed by atoms with Gasteiger partial charge in [0.05, 0.1) is 22.5 Å². The maximum absolute atomic E-state index is 12.6. The maximum Gasteiger partial charge on any atom is 0.280 e. The van der Waals surface area contributed by atoms with E-state index in [-0.39, 0.29) is 11.8 Å². The monoisotopic (exact) mass is 394 g/mol. The van der Waals surface area contributed by atoms with Crippen LogP contribution in [0.3, 0.4) is 0 Å². The summed E-state index contributed by atoms with van der Waals surface area (Å²) >= 11 is 0. The smallest absolute Gasteiger partial charge is 0.280 e.